The molecule has 0 heterocycles. The molecule has 0 aromatic heterocycles. The summed E-state index contributed by atoms with van der Waals surface area (Å²) in [6, 6.07) is -3.80. The van der Waals surface area contributed by atoms with E-state index in [0.717, 1.165) is 25.7 Å². The van der Waals surface area contributed by atoms with Crippen molar-refractivity contribution in [3.8, 4) is 0 Å². The normalized spacial score (nSPS) is 14.9. The maximum Gasteiger partial charge on any atom is 0.331 e. The Morgan fingerprint density at radius 1 is 0.850 bits per heavy atom. The van der Waals surface area contributed by atoms with Gasteiger partial charge in [0.05, 0.1) is 6.54 Å². The van der Waals surface area contributed by atoms with Gasteiger partial charge in [-0.05, 0) is 39.0 Å². The van der Waals surface area contributed by atoms with Gasteiger partial charge in [0.25, 0.3) is 0 Å². The van der Waals surface area contributed by atoms with Crippen molar-refractivity contribution < 1.29 is 45.2 Å². The fourth-order valence-corrected chi connectivity index (χ4v) is 3.80. The van der Waals surface area contributed by atoms with Gasteiger partial charge in [0.15, 0.2) is 11.3 Å². The van der Waals surface area contributed by atoms with Crippen LogP contribution in [0.4, 0.5) is 0 Å². The number of hydrogen-bond acceptors (Lipinski definition) is 9. The van der Waals surface area contributed by atoms with Crippen molar-refractivity contribution in [2.24, 2.45) is 17.2 Å². The highest BCUT2D eigenvalue weighted by atomic mass is 16.4. The summed E-state index contributed by atoms with van der Waals surface area (Å²) in [4.78, 5) is 84.1. The molecule has 15 heteroatoms. The number of nitrogens with two attached hydrogens (primary N) is 3. The van der Waals surface area contributed by atoms with E-state index in [0.29, 0.717) is 6.42 Å². The topological polar surface area (TPSA) is 274 Å². The van der Waals surface area contributed by atoms with Crippen LogP contribution in [-0.4, -0.2) is 81.8 Å². The minimum Gasteiger partial charge on any atom is -0.480 e. The fraction of sp³-hybridized carbons (Fsp3) is 0.720. The van der Waals surface area contributed by atoms with Crippen molar-refractivity contribution >= 4 is 41.4 Å². The van der Waals surface area contributed by atoms with Crippen LogP contribution in [0.25, 0.3) is 0 Å². The Hall–Kier alpha value is -3.59. The van der Waals surface area contributed by atoms with Crippen molar-refractivity contribution in [3.05, 3.63) is 0 Å². The van der Waals surface area contributed by atoms with Crippen LogP contribution in [0.15, 0.2) is 0 Å². The molecule has 0 aromatic carbocycles. The standard InChI is InChI=1S/C25H44N6O9/c1-3-4-5-6-7-10-19(33)29-15(2)22(36)31-17(23(37)38)11-12-18(32)25(28,24(39)40)13-8-9-16(21(27)35)30-20(34)14-26/h15-17H,3-14,26,28H2,1-2H3,(H2,27,35)(H,29,33)(H,30,34)(H,31,36)(H,37,38)(H,39,40)/t15-,16?,17+,25?/m0/s1/i/hD. The van der Waals surface area contributed by atoms with Gasteiger partial charge in [0.2, 0.25) is 23.6 Å². The number of ketones is 1. The summed E-state index contributed by atoms with van der Waals surface area (Å²) in [5.41, 5.74) is 10.5. The Morgan fingerprint density at radius 2 is 1.50 bits per heavy atom. The number of rotatable bonds is 23. The molecule has 4 amide bonds. The molecule has 0 aliphatic carbocycles. The molecule has 0 fully saturated rings. The number of carbonyl (C=O) groups excluding carboxylic acids is 5. The third-order valence-corrected chi connectivity index (χ3v) is 6.34. The summed E-state index contributed by atoms with van der Waals surface area (Å²) < 4.78 is 6.80. The van der Waals surface area contributed by atoms with Gasteiger partial charge in [0, 0.05) is 12.8 Å². The number of aliphatic carboxylic acids is 2. The maximum absolute atomic E-state index is 12.8. The van der Waals surface area contributed by atoms with Crippen LogP contribution in [0.5, 0.6) is 0 Å². The van der Waals surface area contributed by atoms with Crippen LogP contribution in [0.2, 0.25) is 1.41 Å². The second-order valence-corrected chi connectivity index (χ2v) is 9.68. The summed E-state index contributed by atoms with van der Waals surface area (Å²) in [7, 11) is 0. The molecule has 11 N–H and O–H groups in total. The second kappa shape index (κ2) is 18.7. The highest BCUT2D eigenvalue weighted by molar-refractivity contribution is 6.07. The molecule has 228 valence electrons. The van der Waals surface area contributed by atoms with Gasteiger partial charge in [-0.15, -0.1) is 0 Å². The Balaban J connectivity index is 5.03. The van der Waals surface area contributed by atoms with E-state index in [1.165, 1.54) is 6.92 Å². The minimum atomic E-state index is -2.43. The van der Waals surface area contributed by atoms with E-state index in [1.807, 2.05) is 5.73 Å². The van der Waals surface area contributed by atoms with E-state index in [-0.39, 0.29) is 25.2 Å². The number of carboxylic acids is 2. The zero-order chi connectivity index (χ0) is 31.6. The molecule has 0 radical (unpaired) electrons. The number of hydrogen-bond donors (Lipinski definition) is 8. The lowest BCUT2D eigenvalue weighted by molar-refractivity contribution is -0.149. The van der Waals surface area contributed by atoms with Crippen LogP contribution in [0.1, 0.15) is 84.5 Å². The molecule has 40 heavy (non-hydrogen) atoms. The zero-order valence-corrected chi connectivity index (χ0v) is 23.1. The van der Waals surface area contributed by atoms with Crippen molar-refractivity contribution in [3.63, 3.8) is 0 Å². The number of carbonyl (C=O) groups is 7. The second-order valence-electron chi connectivity index (χ2n) is 9.68. The summed E-state index contributed by atoms with van der Waals surface area (Å²) >= 11 is 0. The number of unbranched alkanes of at least 4 members (excludes halogenated alkanes) is 4. The summed E-state index contributed by atoms with van der Waals surface area (Å²) in [6.45, 7) is 3.04. The van der Waals surface area contributed by atoms with E-state index >= 15 is 0 Å². The molecule has 0 bridgehead atoms. The molecule has 4 atom stereocenters. The van der Waals surface area contributed by atoms with Gasteiger partial charge in [0.1, 0.15) is 19.5 Å². The van der Waals surface area contributed by atoms with Gasteiger partial charge >= 0.3 is 11.9 Å². The fourth-order valence-electron chi connectivity index (χ4n) is 3.80. The number of amides is 4. The van der Waals surface area contributed by atoms with Crippen LogP contribution in [0.3, 0.4) is 0 Å². The molecule has 0 aliphatic heterocycles. The summed E-state index contributed by atoms with van der Waals surface area (Å²) in [5, 5.41) is 26.1. The van der Waals surface area contributed by atoms with E-state index in [2.05, 4.69) is 22.9 Å². The van der Waals surface area contributed by atoms with Crippen molar-refractivity contribution in [1.82, 2.24) is 16.0 Å². The smallest absolute Gasteiger partial charge is 0.331 e. The zero-order valence-electron chi connectivity index (χ0n) is 24.1. The first-order valence-corrected chi connectivity index (χ1v) is 13.3. The summed E-state index contributed by atoms with van der Waals surface area (Å²) in [5.74, 6) is -6.91. The van der Waals surface area contributed by atoms with E-state index in [1.54, 1.807) is 0 Å². The van der Waals surface area contributed by atoms with Crippen LogP contribution < -0.4 is 33.1 Å². The van der Waals surface area contributed by atoms with E-state index < -0.39 is 84.9 Å². The average molecular weight is 574 g/mol. The maximum atomic E-state index is 12.8. The van der Waals surface area contributed by atoms with Gasteiger partial charge in [-0.2, -0.15) is 0 Å². The molecule has 15 nitrogen and oxygen atoms in total. The first-order chi connectivity index (χ1) is 19.2. The Labute approximate surface area is 234 Å². The van der Waals surface area contributed by atoms with Crippen LogP contribution in [-0.2, 0) is 33.6 Å². The lowest BCUT2D eigenvalue weighted by Crippen LogP contribution is -2.56. The molecule has 2 unspecified atom stereocenters. The number of Topliss-reactive ketones (excluding diaryl/α,β-unsaturated/α-hetero) is 1. The Bertz CT molecular complexity index is 935. The van der Waals surface area contributed by atoms with E-state index in [4.69, 9.17) is 12.9 Å². The van der Waals surface area contributed by atoms with Crippen molar-refractivity contribution in [2.45, 2.75) is 108 Å². The molecule has 0 saturated carbocycles. The Morgan fingerprint density at radius 3 is 2.05 bits per heavy atom. The predicted octanol–water partition coefficient (Wildman–Crippen LogP) is -1.35. The molecule has 0 spiro atoms. The van der Waals surface area contributed by atoms with Gasteiger partial charge in [-0.25, -0.2) is 9.59 Å². The largest absolute Gasteiger partial charge is 0.480 e. The Kier molecular flexibility index (Phi) is 16.1. The summed E-state index contributed by atoms with van der Waals surface area (Å²) in [6.07, 6.45) is 3.10. The van der Waals surface area contributed by atoms with Crippen molar-refractivity contribution in [2.75, 3.05) is 6.54 Å². The quantitative estimate of drug-likeness (QED) is 0.0522. The number of primary amides is 1. The molecule has 0 aliphatic rings. The first-order valence-electron chi connectivity index (χ1n) is 13.8. The molecular formula is C25H44N6O9. The average Bonchev–Trinajstić information content (AvgIpc) is 2.89. The first kappa shape index (κ1) is 34.4. The van der Waals surface area contributed by atoms with Gasteiger partial charge in [-0.3, -0.25) is 24.0 Å². The molecular weight excluding hydrogens is 528 g/mol. The molecule has 0 saturated heterocycles. The van der Waals surface area contributed by atoms with Gasteiger partial charge < -0.3 is 43.4 Å². The third-order valence-electron chi connectivity index (χ3n) is 6.34. The number of nitrogens with one attached hydrogen (secondary N) is 3. The van der Waals surface area contributed by atoms with E-state index in [9.17, 15) is 43.8 Å². The van der Waals surface area contributed by atoms with Crippen LogP contribution in [0, 0.1) is 0 Å². The van der Waals surface area contributed by atoms with Crippen molar-refractivity contribution in [1.29, 1.82) is 0 Å². The lowest BCUT2D eigenvalue weighted by Gasteiger charge is -2.25. The SMILES string of the molecule is [2H]NCC(=O)NC(CCCC(N)(C(=O)O)C(=O)CC[C@@H](NC(=O)[C@H](C)NC(=O)CCCCCCC)C(=O)O)C(N)=O. The molecule has 0 rings (SSSR count). The molecule has 0 aromatic rings. The highest BCUT2D eigenvalue weighted by Crippen LogP contribution is 2.18. The lowest BCUT2D eigenvalue weighted by atomic mass is 9.85. The minimum absolute atomic E-state index is 0.119. The third kappa shape index (κ3) is 13.5. The predicted molar refractivity (Wildman–Crippen MR) is 143 cm³/mol. The number of carboxylic acid groups (broad SMARTS) is 2. The highest BCUT2D eigenvalue weighted by Gasteiger charge is 2.41. The monoisotopic (exact) mass is 573 g/mol. The van der Waals surface area contributed by atoms with Gasteiger partial charge in [-0.1, -0.05) is 32.6 Å². The van der Waals surface area contributed by atoms with Crippen LogP contribution >= 0.6 is 0 Å².